The zero-order valence-electron chi connectivity index (χ0n) is 12.5. The summed E-state index contributed by atoms with van der Waals surface area (Å²) in [6.07, 6.45) is 2.26. The van der Waals surface area contributed by atoms with Gasteiger partial charge < -0.3 is 10.1 Å². The first-order valence-electron chi connectivity index (χ1n) is 6.80. The first-order chi connectivity index (χ1) is 10.9. The molecule has 0 fully saturated rings. The molecule has 0 aliphatic carbocycles. The van der Waals surface area contributed by atoms with Gasteiger partial charge in [0.15, 0.2) is 0 Å². The predicted molar refractivity (Wildman–Crippen MR) is 85.6 cm³/mol. The molecule has 0 saturated heterocycles. The van der Waals surface area contributed by atoms with Crippen LogP contribution in [0.3, 0.4) is 0 Å². The smallest absolute Gasteiger partial charge is 0.238 e. The Morgan fingerprint density at radius 3 is 2.43 bits per heavy atom. The molecular formula is C15H17N3O4S. The largest absolute Gasteiger partial charge is 0.481 e. The Labute approximate surface area is 134 Å². The Bertz CT molecular complexity index is 771. The Balaban J connectivity index is 1.88. The van der Waals surface area contributed by atoms with Crippen molar-refractivity contribution in [1.82, 2.24) is 4.98 Å². The molecule has 23 heavy (non-hydrogen) atoms. The number of aryl methyl sites for hydroxylation is 1. The number of carbonyl (C=O) groups excluding carboxylic acids is 1. The van der Waals surface area contributed by atoms with E-state index in [1.54, 1.807) is 24.3 Å². The molecular weight excluding hydrogens is 318 g/mol. The summed E-state index contributed by atoms with van der Waals surface area (Å²) in [5, 5.41) is 7.76. The fourth-order valence-electron chi connectivity index (χ4n) is 1.90. The van der Waals surface area contributed by atoms with Gasteiger partial charge in [-0.05, 0) is 30.2 Å². The lowest BCUT2D eigenvalue weighted by Crippen LogP contribution is -2.13. The van der Waals surface area contributed by atoms with Crippen LogP contribution in [-0.4, -0.2) is 26.4 Å². The zero-order valence-corrected chi connectivity index (χ0v) is 13.3. The van der Waals surface area contributed by atoms with Crippen molar-refractivity contribution < 1.29 is 17.9 Å². The highest BCUT2D eigenvalue weighted by Gasteiger charge is 2.08. The molecule has 1 heterocycles. The molecule has 8 heteroatoms. The van der Waals surface area contributed by atoms with E-state index in [2.05, 4.69) is 10.3 Å². The summed E-state index contributed by atoms with van der Waals surface area (Å²) < 4.78 is 27.3. The van der Waals surface area contributed by atoms with Gasteiger partial charge in [-0.2, -0.15) is 0 Å². The second-order valence-corrected chi connectivity index (χ2v) is 6.39. The number of pyridine rings is 1. The quantitative estimate of drug-likeness (QED) is 0.826. The van der Waals surface area contributed by atoms with Crippen LogP contribution in [0, 0.1) is 0 Å². The fourth-order valence-corrected chi connectivity index (χ4v) is 2.42. The number of methoxy groups -OCH3 is 1. The molecule has 0 aliphatic heterocycles. The molecule has 2 aromatic rings. The van der Waals surface area contributed by atoms with E-state index in [1.165, 1.54) is 25.4 Å². The molecule has 0 unspecified atom stereocenters. The molecule has 2 rings (SSSR count). The Morgan fingerprint density at radius 2 is 1.91 bits per heavy atom. The number of ether oxygens (including phenoxy) is 1. The Hall–Kier alpha value is -2.45. The van der Waals surface area contributed by atoms with E-state index in [9.17, 15) is 13.2 Å². The van der Waals surface area contributed by atoms with Crippen LogP contribution in [-0.2, 0) is 21.2 Å². The van der Waals surface area contributed by atoms with Gasteiger partial charge in [-0.25, -0.2) is 18.5 Å². The number of benzene rings is 1. The van der Waals surface area contributed by atoms with E-state index in [0.29, 0.717) is 18.0 Å². The molecule has 3 N–H and O–H groups in total. The molecule has 0 atom stereocenters. The number of carbonyl (C=O) groups is 1. The van der Waals surface area contributed by atoms with Gasteiger partial charge in [0.25, 0.3) is 0 Å². The molecule has 1 aromatic carbocycles. The molecule has 0 aliphatic rings. The maximum Gasteiger partial charge on any atom is 0.238 e. The van der Waals surface area contributed by atoms with E-state index in [-0.39, 0.29) is 17.2 Å². The minimum Gasteiger partial charge on any atom is -0.481 e. The molecule has 7 nitrogen and oxygen atoms in total. The first-order valence-corrected chi connectivity index (χ1v) is 8.35. The lowest BCUT2D eigenvalue weighted by atomic mass is 10.1. The van der Waals surface area contributed by atoms with E-state index < -0.39 is 10.0 Å². The molecule has 0 saturated carbocycles. The van der Waals surface area contributed by atoms with Crippen LogP contribution in [0.5, 0.6) is 5.88 Å². The van der Waals surface area contributed by atoms with E-state index in [4.69, 9.17) is 9.88 Å². The molecule has 0 spiro atoms. The second-order valence-electron chi connectivity index (χ2n) is 4.83. The fraction of sp³-hybridized carbons (Fsp3) is 0.200. The van der Waals surface area contributed by atoms with Gasteiger partial charge in [0.1, 0.15) is 0 Å². The van der Waals surface area contributed by atoms with Crippen LogP contribution >= 0.6 is 0 Å². The number of nitrogens with zero attached hydrogens (tertiary/aromatic N) is 1. The van der Waals surface area contributed by atoms with Gasteiger partial charge >= 0.3 is 0 Å². The van der Waals surface area contributed by atoms with Crippen LogP contribution < -0.4 is 15.2 Å². The Kier molecular flexibility index (Phi) is 5.30. The molecule has 0 radical (unpaired) electrons. The number of sulfonamides is 1. The summed E-state index contributed by atoms with van der Waals surface area (Å²) in [6, 6.07) is 9.49. The van der Waals surface area contributed by atoms with Crippen molar-refractivity contribution in [2.75, 3.05) is 12.4 Å². The minimum atomic E-state index is -3.69. The van der Waals surface area contributed by atoms with Crippen molar-refractivity contribution in [1.29, 1.82) is 0 Å². The number of primary sulfonamides is 1. The van der Waals surface area contributed by atoms with Crippen molar-refractivity contribution in [3.63, 3.8) is 0 Å². The average Bonchev–Trinajstić information content (AvgIpc) is 2.53. The maximum absolute atomic E-state index is 11.9. The summed E-state index contributed by atoms with van der Waals surface area (Å²) in [6.45, 7) is 0. The van der Waals surface area contributed by atoms with Gasteiger partial charge in [-0.3, -0.25) is 4.79 Å². The summed E-state index contributed by atoms with van der Waals surface area (Å²) in [4.78, 5) is 15.9. The third kappa shape index (κ3) is 5.04. The number of aromatic nitrogens is 1. The monoisotopic (exact) mass is 335 g/mol. The zero-order chi connectivity index (χ0) is 16.9. The average molecular weight is 335 g/mol. The predicted octanol–water partition coefficient (Wildman–Crippen LogP) is 1.31. The first kappa shape index (κ1) is 16.9. The van der Waals surface area contributed by atoms with Gasteiger partial charge in [0.05, 0.1) is 23.9 Å². The lowest BCUT2D eigenvalue weighted by Gasteiger charge is -2.06. The highest BCUT2D eigenvalue weighted by atomic mass is 32.2. The third-order valence-corrected chi connectivity index (χ3v) is 4.05. The summed E-state index contributed by atoms with van der Waals surface area (Å²) in [5.41, 5.74) is 1.43. The van der Waals surface area contributed by atoms with Crippen LogP contribution in [0.15, 0.2) is 47.5 Å². The van der Waals surface area contributed by atoms with Crippen LogP contribution in [0.2, 0.25) is 0 Å². The van der Waals surface area contributed by atoms with Gasteiger partial charge in [0.2, 0.25) is 21.8 Å². The second kappa shape index (κ2) is 7.21. The summed E-state index contributed by atoms with van der Waals surface area (Å²) >= 11 is 0. The standard InChI is InChI=1S/C15H17N3O4S/c1-22-15-9-5-12(10-17-15)18-14(19)8-4-11-2-6-13(7-3-11)23(16,20)21/h2-3,5-7,9-10H,4,8H2,1H3,(H,18,19)(H2,16,20,21). The highest BCUT2D eigenvalue weighted by Crippen LogP contribution is 2.13. The molecule has 1 aromatic heterocycles. The van der Waals surface area contributed by atoms with Crippen molar-refractivity contribution in [2.24, 2.45) is 5.14 Å². The van der Waals surface area contributed by atoms with E-state index >= 15 is 0 Å². The van der Waals surface area contributed by atoms with Crippen molar-refractivity contribution >= 4 is 21.6 Å². The normalized spacial score (nSPS) is 11.0. The number of nitrogens with one attached hydrogen (secondary N) is 1. The number of hydrogen-bond acceptors (Lipinski definition) is 5. The van der Waals surface area contributed by atoms with E-state index in [0.717, 1.165) is 5.56 Å². The van der Waals surface area contributed by atoms with Gasteiger partial charge in [0, 0.05) is 12.5 Å². The summed E-state index contributed by atoms with van der Waals surface area (Å²) in [5.74, 6) is 0.311. The van der Waals surface area contributed by atoms with Crippen molar-refractivity contribution in [3.05, 3.63) is 48.2 Å². The third-order valence-electron chi connectivity index (χ3n) is 3.12. The Morgan fingerprint density at radius 1 is 1.22 bits per heavy atom. The summed E-state index contributed by atoms with van der Waals surface area (Å²) in [7, 11) is -2.18. The lowest BCUT2D eigenvalue weighted by molar-refractivity contribution is -0.116. The number of amides is 1. The minimum absolute atomic E-state index is 0.0509. The number of rotatable bonds is 6. The molecule has 122 valence electrons. The van der Waals surface area contributed by atoms with Crippen molar-refractivity contribution in [2.45, 2.75) is 17.7 Å². The van der Waals surface area contributed by atoms with E-state index in [1.807, 2.05) is 0 Å². The topological polar surface area (TPSA) is 111 Å². The van der Waals surface area contributed by atoms with Crippen LogP contribution in [0.4, 0.5) is 5.69 Å². The van der Waals surface area contributed by atoms with Gasteiger partial charge in [-0.1, -0.05) is 12.1 Å². The maximum atomic E-state index is 11.9. The molecule has 1 amide bonds. The molecule has 0 bridgehead atoms. The van der Waals surface area contributed by atoms with Crippen LogP contribution in [0.25, 0.3) is 0 Å². The van der Waals surface area contributed by atoms with Crippen molar-refractivity contribution in [3.8, 4) is 5.88 Å². The number of anilines is 1. The van der Waals surface area contributed by atoms with Crippen LogP contribution in [0.1, 0.15) is 12.0 Å². The highest BCUT2D eigenvalue weighted by molar-refractivity contribution is 7.89. The number of nitrogens with two attached hydrogens (primary N) is 1. The SMILES string of the molecule is COc1ccc(NC(=O)CCc2ccc(S(N)(=O)=O)cc2)cn1. The number of hydrogen-bond donors (Lipinski definition) is 2. The van der Waals surface area contributed by atoms with Gasteiger partial charge in [-0.15, -0.1) is 0 Å².